The molecule has 6 heteroatoms. The van der Waals surface area contributed by atoms with Crippen LogP contribution in [-0.4, -0.2) is 27.4 Å². The molecule has 2 aromatic carbocycles. The zero-order valence-electron chi connectivity index (χ0n) is 14.0. The van der Waals surface area contributed by atoms with Gasteiger partial charge in [-0.25, -0.2) is 8.42 Å². The molecule has 0 spiro atoms. The second-order valence-electron chi connectivity index (χ2n) is 6.53. The Labute approximate surface area is 142 Å². The number of carbonyl (C=O) groups excluding carboxylic acids is 1. The second kappa shape index (κ2) is 6.43. The third-order valence-electron chi connectivity index (χ3n) is 4.25. The molecule has 0 aliphatic carbocycles. The topological polar surface area (TPSA) is 66.5 Å². The first-order valence-electron chi connectivity index (χ1n) is 8.22. The number of sulfonamides is 1. The highest BCUT2D eigenvalue weighted by Crippen LogP contribution is 2.41. The Morgan fingerprint density at radius 1 is 1.17 bits per heavy atom. The molecule has 0 radical (unpaired) electrons. The van der Waals surface area contributed by atoms with E-state index in [1.807, 2.05) is 18.2 Å². The van der Waals surface area contributed by atoms with E-state index in [1.165, 1.54) is 4.31 Å². The number of nitrogens with zero attached hydrogens (tertiary/aromatic N) is 1. The Morgan fingerprint density at radius 3 is 2.58 bits per heavy atom. The van der Waals surface area contributed by atoms with Gasteiger partial charge in [0, 0.05) is 11.9 Å². The number of carbonyl (C=O) groups is 1. The van der Waals surface area contributed by atoms with Crippen LogP contribution >= 0.6 is 0 Å². The van der Waals surface area contributed by atoms with Crippen molar-refractivity contribution < 1.29 is 13.2 Å². The van der Waals surface area contributed by atoms with Crippen LogP contribution in [0.2, 0.25) is 0 Å². The molecule has 5 nitrogen and oxygen atoms in total. The van der Waals surface area contributed by atoms with Crippen LogP contribution in [0.1, 0.15) is 26.7 Å². The zero-order valence-corrected chi connectivity index (χ0v) is 14.8. The Balaban J connectivity index is 1.78. The van der Waals surface area contributed by atoms with E-state index >= 15 is 0 Å². The van der Waals surface area contributed by atoms with E-state index < -0.39 is 10.0 Å². The van der Waals surface area contributed by atoms with Gasteiger partial charge in [0.15, 0.2) is 0 Å². The van der Waals surface area contributed by atoms with Crippen molar-refractivity contribution in [2.75, 3.05) is 17.4 Å². The molecule has 128 valence electrons. The minimum atomic E-state index is -3.67. The van der Waals surface area contributed by atoms with Gasteiger partial charge < -0.3 is 5.32 Å². The van der Waals surface area contributed by atoms with E-state index in [-0.39, 0.29) is 17.3 Å². The summed E-state index contributed by atoms with van der Waals surface area (Å²) in [4.78, 5) is 12.5. The number of anilines is 1. The monoisotopic (exact) mass is 346 g/mol. The molecule has 0 saturated heterocycles. The molecule has 1 amide bonds. The Kier molecular flexibility index (Phi) is 4.49. The Bertz CT molecular complexity index is 870. The number of hydrogen-bond acceptors (Lipinski definition) is 3. The van der Waals surface area contributed by atoms with Crippen LogP contribution in [0.4, 0.5) is 5.69 Å². The van der Waals surface area contributed by atoms with Gasteiger partial charge in [0.05, 0.1) is 10.6 Å². The van der Waals surface area contributed by atoms with Crippen molar-refractivity contribution in [1.82, 2.24) is 5.32 Å². The first-order chi connectivity index (χ1) is 11.4. The minimum Gasteiger partial charge on any atom is -0.355 e. The predicted octanol–water partition coefficient (Wildman–Crippen LogP) is 2.90. The maximum Gasteiger partial charge on any atom is 0.265 e. The highest BCUT2D eigenvalue weighted by molar-refractivity contribution is 7.93. The van der Waals surface area contributed by atoms with E-state index in [1.54, 1.807) is 18.2 Å². The Hall–Kier alpha value is -2.08. The van der Waals surface area contributed by atoms with Crippen LogP contribution in [0.15, 0.2) is 41.3 Å². The van der Waals surface area contributed by atoms with Gasteiger partial charge in [-0.05, 0) is 36.3 Å². The van der Waals surface area contributed by atoms with E-state index in [2.05, 4.69) is 19.2 Å². The fourth-order valence-corrected chi connectivity index (χ4v) is 4.72. The van der Waals surface area contributed by atoms with Gasteiger partial charge in [0.25, 0.3) is 10.0 Å². The molecular formula is C18H22N2O3S. The van der Waals surface area contributed by atoms with Crippen LogP contribution in [0.3, 0.4) is 0 Å². The lowest BCUT2D eigenvalue weighted by Gasteiger charge is -2.18. The molecule has 1 N–H and O–H groups in total. The molecule has 0 fully saturated rings. The van der Waals surface area contributed by atoms with Crippen molar-refractivity contribution in [3.05, 3.63) is 36.4 Å². The SMILES string of the molecule is CC(C)CCCNC(=O)CN1c2cccc3cccc(c23)S1(=O)=O. The van der Waals surface area contributed by atoms with Crippen LogP contribution in [0.5, 0.6) is 0 Å². The average Bonchev–Trinajstić information content (AvgIpc) is 2.75. The zero-order chi connectivity index (χ0) is 17.3. The molecule has 0 aromatic heterocycles. The fraction of sp³-hybridized carbons (Fsp3) is 0.389. The Morgan fingerprint density at radius 2 is 1.88 bits per heavy atom. The fourth-order valence-electron chi connectivity index (χ4n) is 3.05. The third kappa shape index (κ3) is 2.98. The normalized spacial score (nSPS) is 15.2. The molecule has 1 heterocycles. The van der Waals surface area contributed by atoms with Gasteiger partial charge in [-0.2, -0.15) is 0 Å². The van der Waals surface area contributed by atoms with Crippen LogP contribution in [-0.2, 0) is 14.8 Å². The van der Waals surface area contributed by atoms with Crippen molar-refractivity contribution in [3.8, 4) is 0 Å². The molecule has 0 saturated carbocycles. The van der Waals surface area contributed by atoms with Gasteiger partial charge >= 0.3 is 0 Å². The maximum absolute atomic E-state index is 12.8. The molecule has 0 atom stereocenters. The van der Waals surface area contributed by atoms with Crippen molar-refractivity contribution in [2.24, 2.45) is 5.92 Å². The highest BCUT2D eigenvalue weighted by atomic mass is 32.2. The largest absolute Gasteiger partial charge is 0.355 e. The average molecular weight is 346 g/mol. The van der Waals surface area contributed by atoms with Crippen LogP contribution in [0, 0.1) is 5.92 Å². The van der Waals surface area contributed by atoms with Gasteiger partial charge in [-0.1, -0.05) is 38.1 Å². The van der Waals surface area contributed by atoms with Crippen LogP contribution in [0.25, 0.3) is 10.8 Å². The molecule has 2 aromatic rings. The van der Waals surface area contributed by atoms with Gasteiger partial charge in [-0.3, -0.25) is 9.10 Å². The summed E-state index contributed by atoms with van der Waals surface area (Å²) in [6.45, 7) is 4.66. The predicted molar refractivity (Wildman–Crippen MR) is 95.6 cm³/mol. The van der Waals surface area contributed by atoms with Crippen molar-refractivity contribution in [2.45, 2.75) is 31.6 Å². The van der Waals surface area contributed by atoms with E-state index in [0.29, 0.717) is 23.5 Å². The number of rotatable bonds is 6. The molecule has 1 aliphatic rings. The number of benzene rings is 2. The third-order valence-corrected chi connectivity index (χ3v) is 6.05. The van der Waals surface area contributed by atoms with E-state index in [0.717, 1.165) is 18.2 Å². The molecule has 0 bridgehead atoms. The summed E-state index contributed by atoms with van der Waals surface area (Å²) in [6, 6.07) is 10.7. The summed E-state index contributed by atoms with van der Waals surface area (Å²) >= 11 is 0. The molecule has 24 heavy (non-hydrogen) atoms. The van der Waals surface area contributed by atoms with Crippen molar-refractivity contribution >= 4 is 32.4 Å². The summed E-state index contributed by atoms with van der Waals surface area (Å²) in [5.41, 5.74) is 0.584. The first-order valence-corrected chi connectivity index (χ1v) is 9.66. The van der Waals surface area contributed by atoms with Crippen molar-refractivity contribution in [1.29, 1.82) is 0 Å². The smallest absolute Gasteiger partial charge is 0.265 e. The highest BCUT2D eigenvalue weighted by Gasteiger charge is 2.36. The van der Waals surface area contributed by atoms with Gasteiger partial charge in [-0.15, -0.1) is 0 Å². The maximum atomic E-state index is 12.8. The molecular weight excluding hydrogens is 324 g/mol. The summed E-state index contributed by atoms with van der Waals surface area (Å²) in [7, 11) is -3.67. The summed E-state index contributed by atoms with van der Waals surface area (Å²) in [5.74, 6) is 0.320. The van der Waals surface area contributed by atoms with Gasteiger partial charge in [0.2, 0.25) is 5.91 Å². The number of hydrogen-bond donors (Lipinski definition) is 1. The lowest BCUT2D eigenvalue weighted by molar-refractivity contribution is -0.119. The van der Waals surface area contributed by atoms with E-state index in [9.17, 15) is 13.2 Å². The number of amides is 1. The van der Waals surface area contributed by atoms with E-state index in [4.69, 9.17) is 0 Å². The summed E-state index contributed by atoms with van der Waals surface area (Å²) in [5, 5.41) is 4.39. The second-order valence-corrected chi connectivity index (χ2v) is 8.36. The number of nitrogens with one attached hydrogen (secondary N) is 1. The van der Waals surface area contributed by atoms with Crippen molar-refractivity contribution in [3.63, 3.8) is 0 Å². The summed E-state index contributed by atoms with van der Waals surface area (Å²) in [6.07, 6.45) is 1.93. The minimum absolute atomic E-state index is 0.183. The van der Waals surface area contributed by atoms with Gasteiger partial charge in [0.1, 0.15) is 6.54 Å². The molecule has 1 aliphatic heterocycles. The van der Waals surface area contributed by atoms with Crippen LogP contribution < -0.4 is 9.62 Å². The quantitative estimate of drug-likeness (QED) is 0.818. The lowest BCUT2D eigenvalue weighted by atomic mass is 10.1. The standard InChI is InChI=1S/C18H22N2O3S/c1-13(2)6-5-11-19-17(21)12-20-15-9-3-7-14-8-4-10-16(18(14)15)24(20,22)23/h3-4,7-10,13H,5-6,11-12H2,1-2H3,(H,19,21). The molecule has 3 rings (SSSR count). The lowest BCUT2D eigenvalue weighted by Crippen LogP contribution is -2.39. The first kappa shape index (κ1) is 16.8. The molecule has 0 unspecified atom stereocenters. The summed E-state index contributed by atoms with van der Waals surface area (Å²) < 4.78 is 26.7.